The lowest BCUT2D eigenvalue weighted by Crippen LogP contribution is -2.37. The first-order valence-electron chi connectivity index (χ1n) is 7.11. The second-order valence-corrected chi connectivity index (χ2v) is 5.22. The van der Waals surface area contributed by atoms with Gasteiger partial charge >= 0.3 is 0 Å². The van der Waals surface area contributed by atoms with Crippen molar-refractivity contribution in [3.05, 3.63) is 18.1 Å². The van der Waals surface area contributed by atoms with Crippen molar-refractivity contribution in [1.29, 1.82) is 0 Å². The molecule has 0 bridgehead atoms. The van der Waals surface area contributed by atoms with Crippen LogP contribution in [0.25, 0.3) is 0 Å². The summed E-state index contributed by atoms with van der Waals surface area (Å²) in [5, 5.41) is 3.37. The Morgan fingerprint density at radius 1 is 1.32 bits per heavy atom. The van der Waals surface area contributed by atoms with Gasteiger partial charge in [0.05, 0.1) is 13.2 Å². The van der Waals surface area contributed by atoms with Gasteiger partial charge in [0.25, 0.3) is 0 Å². The zero-order chi connectivity index (χ0) is 13.5. The molecule has 1 saturated heterocycles. The number of morpholine rings is 1. The highest BCUT2D eigenvalue weighted by Gasteiger charge is 2.09. The maximum Gasteiger partial charge on any atom is 0.129 e. The summed E-state index contributed by atoms with van der Waals surface area (Å²) in [5.74, 6) is 1.37. The summed E-state index contributed by atoms with van der Waals surface area (Å²) in [5.41, 5.74) is 1.09. The Hall–Kier alpha value is -1.20. The second kappa shape index (κ2) is 7.40. The number of hydrogen-bond donors (Lipinski definition) is 1. The summed E-state index contributed by atoms with van der Waals surface area (Å²) < 4.78 is 5.34. The van der Waals surface area contributed by atoms with Gasteiger partial charge in [-0.3, -0.25) is 4.90 Å². The largest absolute Gasteiger partial charge is 0.379 e. The van der Waals surface area contributed by atoms with Crippen LogP contribution in [0.15, 0.2) is 12.4 Å². The van der Waals surface area contributed by atoms with Gasteiger partial charge in [-0.1, -0.05) is 13.8 Å². The van der Waals surface area contributed by atoms with Crippen LogP contribution >= 0.6 is 0 Å². The molecular weight excluding hydrogens is 240 g/mol. The molecule has 0 unspecified atom stereocenters. The van der Waals surface area contributed by atoms with Crippen LogP contribution in [0, 0.1) is 0 Å². The van der Waals surface area contributed by atoms with E-state index in [1.54, 1.807) is 6.33 Å². The van der Waals surface area contributed by atoms with Gasteiger partial charge in [-0.25, -0.2) is 9.97 Å². The summed E-state index contributed by atoms with van der Waals surface area (Å²) in [6.07, 6.45) is 2.76. The minimum Gasteiger partial charge on any atom is -0.379 e. The zero-order valence-electron chi connectivity index (χ0n) is 11.9. The van der Waals surface area contributed by atoms with Gasteiger partial charge < -0.3 is 10.1 Å². The van der Waals surface area contributed by atoms with Crippen LogP contribution in [-0.4, -0.2) is 54.3 Å². The third-order valence-corrected chi connectivity index (χ3v) is 3.34. The monoisotopic (exact) mass is 264 g/mol. The minimum atomic E-state index is 0.442. The van der Waals surface area contributed by atoms with Crippen molar-refractivity contribution in [3.63, 3.8) is 0 Å². The Bertz CT molecular complexity index is 377. The minimum absolute atomic E-state index is 0.442. The first kappa shape index (κ1) is 14.2. The molecule has 0 spiro atoms. The van der Waals surface area contributed by atoms with Crippen molar-refractivity contribution < 1.29 is 4.74 Å². The molecule has 5 heteroatoms. The van der Waals surface area contributed by atoms with Gasteiger partial charge in [0, 0.05) is 31.4 Å². The van der Waals surface area contributed by atoms with Gasteiger partial charge in [-0.15, -0.1) is 0 Å². The molecular formula is C14H24N4O. The number of rotatable bonds is 6. The molecule has 2 heterocycles. The number of nitrogens with one attached hydrogen (secondary N) is 1. The van der Waals surface area contributed by atoms with E-state index in [0.29, 0.717) is 5.92 Å². The fraction of sp³-hybridized carbons (Fsp3) is 0.714. The molecule has 0 amide bonds. The molecule has 1 N–H and O–H groups in total. The molecule has 0 aliphatic carbocycles. The molecule has 0 radical (unpaired) electrons. The maximum absolute atomic E-state index is 5.34. The fourth-order valence-electron chi connectivity index (χ4n) is 2.13. The van der Waals surface area contributed by atoms with Crippen LogP contribution < -0.4 is 5.32 Å². The standard InChI is InChI=1S/C14H24N4O/c1-12(2)13-10-14(17-11-16-13)15-4-3-5-18-6-8-19-9-7-18/h10-12H,3-9H2,1-2H3,(H,15,16,17). The average molecular weight is 264 g/mol. The highest BCUT2D eigenvalue weighted by atomic mass is 16.5. The average Bonchev–Trinajstić information content (AvgIpc) is 2.45. The molecule has 0 saturated carbocycles. The predicted octanol–water partition coefficient (Wildman–Crippen LogP) is 1.73. The van der Waals surface area contributed by atoms with Crippen molar-refractivity contribution in [2.24, 2.45) is 0 Å². The van der Waals surface area contributed by atoms with E-state index in [1.807, 2.05) is 6.07 Å². The molecule has 19 heavy (non-hydrogen) atoms. The van der Waals surface area contributed by atoms with E-state index >= 15 is 0 Å². The predicted molar refractivity (Wildman–Crippen MR) is 76.5 cm³/mol. The third-order valence-electron chi connectivity index (χ3n) is 3.34. The van der Waals surface area contributed by atoms with Crippen molar-refractivity contribution >= 4 is 5.82 Å². The van der Waals surface area contributed by atoms with Crippen molar-refractivity contribution in [1.82, 2.24) is 14.9 Å². The molecule has 1 aliphatic rings. The Kier molecular flexibility index (Phi) is 5.54. The lowest BCUT2D eigenvalue weighted by molar-refractivity contribution is 0.0378. The molecule has 1 aliphatic heterocycles. The number of ether oxygens (including phenoxy) is 1. The summed E-state index contributed by atoms with van der Waals surface area (Å²) >= 11 is 0. The van der Waals surface area contributed by atoms with Crippen molar-refractivity contribution in [2.45, 2.75) is 26.2 Å². The van der Waals surface area contributed by atoms with Crippen LogP contribution in [0.4, 0.5) is 5.82 Å². The molecule has 5 nitrogen and oxygen atoms in total. The second-order valence-electron chi connectivity index (χ2n) is 5.22. The number of anilines is 1. The highest BCUT2D eigenvalue weighted by molar-refractivity contribution is 5.35. The maximum atomic E-state index is 5.34. The van der Waals surface area contributed by atoms with Crippen molar-refractivity contribution in [3.8, 4) is 0 Å². The number of nitrogens with zero attached hydrogens (tertiary/aromatic N) is 3. The zero-order valence-corrected chi connectivity index (χ0v) is 11.9. The van der Waals surface area contributed by atoms with Crippen LogP contribution in [0.3, 0.4) is 0 Å². The van der Waals surface area contributed by atoms with Crippen LogP contribution in [0.1, 0.15) is 31.9 Å². The van der Waals surface area contributed by atoms with E-state index in [2.05, 4.69) is 34.0 Å². The highest BCUT2D eigenvalue weighted by Crippen LogP contribution is 2.13. The van der Waals surface area contributed by atoms with E-state index in [9.17, 15) is 0 Å². The molecule has 0 aromatic carbocycles. The van der Waals surface area contributed by atoms with Gasteiger partial charge in [-0.2, -0.15) is 0 Å². The normalized spacial score (nSPS) is 16.8. The van der Waals surface area contributed by atoms with Crippen molar-refractivity contribution in [2.75, 3.05) is 44.7 Å². The Labute approximate surface area is 115 Å². The lowest BCUT2D eigenvalue weighted by Gasteiger charge is -2.26. The van der Waals surface area contributed by atoms with Gasteiger partial charge in [0.15, 0.2) is 0 Å². The van der Waals surface area contributed by atoms with Crippen LogP contribution in [0.2, 0.25) is 0 Å². The Morgan fingerprint density at radius 3 is 2.84 bits per heavy atom. The lowest BCUT2D eigenvalue weighted by atomic mass is 10.1. The smallest absolute Gasteiger partial charge is 0.129 e. The SMILES string of the molecule is CC(C)c1cc(NCCCN2CCOCC2)ncn1. The Morgan fingerprint density at radius 2 is 2.11 bits per heavy atom. The molecule has 1 aromatic heterocycles. The first-order valence-corrected chi connectivity index (χ1v) is 7.11. The van der Waals surface area contributed by atoms with E-state index < -0.39 is 0 Å². The first-order chi connectivity index (χ1) is 9.25. The quantitative estimate of drug-likeness (QED) is 0.793. The topological polar surface area (TPSA) is 50.3 Å². The van der Waals surface area contributed by atoms with Crippen LogP contribution in [-0.2, 0) is 4.74 Å². The molecule has 0 atom stereocenters. The summed E-state index contributed by atoms with van der Waals surface area (Å²) in [6, 6.07) is 2.04. The Balaban J connectivity index is 1.68. The van der Waals surface area contributed by atoms with Gasteiger partial charge in [0.2, 0.25) is 0 Å². The summed E-state index contributed by atoms with van der Waals surface area (Å²) in [7, 11) is 0. The molecule has 106 valence electrons. The molecule has 1 aromatic rings. The summed E-state index contributed by atoms with van der Waals surface area (Å²) in [4.78, 5) is 11.0. The third kappa shape index (κ3) is 4.76. The number of aromatic nitrogens is 2. The van der Waals surface area contributed by atoms with Gasteiger partial charge in [-0.05, 0) is 18.9 Å². The van der Waals surface area contributed by atoms with Gasteiger partial charge in [0.1, 0.15) is 12.1 Å². The van der Waals surface area contributed by atoms with E-state index in [1.165, 1.54) is 0 Å². The van der Waals surface area contributed by atoms with E-state index in [4.69, 9.17) is 4.74 Å². The van der Waals surface area contributed by atoms with E-state index in [-0.39, 0.29) is 0 Å². The molecule has 2 rings (SSSR count). The summed E-state index contributed by atoms with van der Waals surface area (Å²) in [6.45, 7) is 10.2. The number of hydrogen-bond acceptors (Lipinski definition) is 5. The van der Waals surface area contributed by atoms with E-state index in [0.717, 1.165) is 57.3 Å². The molecule has 1 fully saturated rings. The van der Waals surface area contributed by atoms with Crippen LogP contribution in [0.5, 0.6) is 0 Å². The fourth-order valence-corrected chi connectivity index (χ4v) is 2.13.